The molecule has 23 heavy (non-hydrogen) atoms. The van der Waals surface area contributed by atoms with Crippen LogP contribution in [0.1, 0.15) is 20.7 Å². The number of sulfonamides is 1. The second-order valence-electron chi connectivity index (χ2n) is 4.17. The molecule has 0 aliphatic heterocycles. The van der Waals surface area contributed by atoms with E-state index >= 15 is 0 Å². The number of esters is 2. The lowest BCUT2D eigenvalue weighted by atomic mass is 10.1. The Kier molecular flexibility index (Phi) is 5.25. The Bertz CT molecular complexity index is 695. The van der Waals surface area contributed by atoms with Crippen LogP contribution in [0, 0.1) is 0 Å². The maximum Gasteiger partial charge on any atom is 0.516 e. The van der Waals surface area contributed by atoms with E-state index in [2.05, 4.69) is 9.47 Å². The first-order valence-corrected chi connectivity index (χ1v) is 7.26. The SMILES string of the molecule is COC(=O)c1cc(C(=O)OC)cc(N(C)S(=O)(=O)C(F)(F)F)c1. The van der Waals surface area contributed by atoms with Gasteiger partial charge < -0.3 is 9.47 Å². The summed E-state index contributed by atoms with van der Waals surface area (Å²) in [5, 5.41) is 0. The topological polar surface area (TPSA) is 90.0 Å². The second kappa shape index (κ2) is 6.44. The van der Waals surface area contributed by atoms with Crippen LogP contribution in [0.5, 0.6) is 0 Å². The molecular weight excluding hydrogens is 343 g/mol. The summed E-state index contributed by atoms with van der Waals surface area (Å²) in [7, 11) is -3.03. The molecule has 1 aromatic rings. The van der Waals surface area contributed by atoms with Crippen LogP contribution in [0.25, 0.3) is 0 Å². The third-order valence-electron chi connectivity index (χ3n) is 2.78. The van der Waals surface area contributed by atoms with E-state index in [9.17, 15) is 31.2 Å². The summed E-state index contributed by atoms with van der Waals surface area (Å²) in [6.07, 6.45) is 0. The van der Waals surface area contributed by atoms with E-state index in [-0.39, 0.29) is 15.4 Å². The fourth-order valence-corrected chi connectivity index (χ4v) is 2.25. The quantitative estimate of drug-likeness (QED) is 0.761. The lowest BCUT2D eigenvalue weighted by molar-refractivity contribution is -0.0437. The van der Waals surface area contributed by atoms with Crippen molar-refractivity contribution in [1.29, 1.82) is 0 Å². The van der Waals surface area contributed by atoms with Gasteiger partial charge in [-0.05, 0) is 18.2 Å². The van der Waals surface area contributed by atoms with Gasteiger partial charge in [0.2, 0.25) is 0 Å². The van der Waals surface area contributed by atoms with Crippen molar-refractivity contribution in [2.75, 3.05) is 25.6 Å². The average molecular weight is 355 g/mol. The molecule has 11 heteroatoms. The number of hydrogen-bond acceptors (Lipinski definition) is 6. The fourth-order valence-electron chi connectivity index (χ4n) is 1.56. The Morgan fingerprint density at radius 3 is 1.70 bits per heavy atom. The van der Waals surface area contributed by atoms with Crippen molar-refractivity contribution in [3.8, 4) is 0 Å². The number of hydrogen-bond donors (Lipinski definition) is 0. The monoisotopic (exact) mass is 355 g/mol. The first kappa shape index (κ1) is 18.7. The number of nitrogens with zero attached hydrogens (tertiary/aromatic N) is 1. The van der Waals surface area contributed by atoms with Gasteiger partial charge in [0.15, 0.2) is 0 Å². The summed E-state index contributed by atoms with van der Waals surface area (Å²) in [6, 6.07) is 2.71. The first-order chi connectivity index (χ1) is 10.5. The molecule has 1 aromatic carbocycles. The van der Waals surface area contributed by atoms with Gasteiger partial charge in [-0.1, -0.05) is 0 Å². The molecule has 0 amide bonds. The molecule has 0 atom stereocenters. The molecule has 0 fully saturated rings. The number of benzene rings is 1. The minimum Gasteiger partial charge on any atom is -0.465 e. The molecule has 0 bridgehead atoms. The van der Waals surface area contributed by atoms with E-state index in [4.69, 9.17) is 0 Å². The van der Waals surface area contributed by atoms with Crippen LogP contribution in [0.4, 0.5) is 18.9 Å². The van der Waals surface area contributed by atoms with Gasteiger partial charge in [0, 0.05) is 7.05 Å². The zero-order chi connectivity index (χ0) is 18.0. The van der Waals surface area contributed by atoms with Crippen molar-refractivity contribution in [3.63, 3.8) is 0 Å². The molecule has 0 aliphatic rings. The van der Waals surface area contributed by atoms with Crippen molar-refractivity contribution in [2.45, 2.75) is 5.51 Å². The van der Waals surface area contributed by atoms with Gasteiger partial charge >= 0.3 is 27.5 Å². The summed E-state index contributed by atoms with van der Waals surface area (Å²) < 4.78 is 69.4. The molecule has 0 saturated carbocycles. The smallest absolute Gasteiger partial charge is 0.465 e. The van der Waals surface area contributed by atoms with Gasteiger partial charge in [0.1, 0.15) is 0 Å². The van der Waals surface area contributed by atoms with Gasteiger partial charge in [-0.2, -0.15) is 21.6 Å². The molecule has 0 aliphatic carbocycles. The van der Waals surface area contributed by atoms with E-state index in [1.807, 2.05) is 0 Å². The molecule has 7 nitrogen and oxygen atoms in total. The molecule has 1 rings (SSSR count). The van der Waals surface area contributed by atoms with Gasteiger partial charge in [-0.25, -0.2) is 9.59 Å². The molecule has 0 spiro atoms. The summed E-state index contributed by atoms with van der Waals surface area (Å²) in [6.45, 7) is 0. The van der Waals surface area contributed by atoms with E-state index in [1.54, 1.807) is 0 Å². The predicted molar refractivity (Wildman–Crippen MR) is 72.5 cm³/mol. The number of methoxy groups -OCH3 is 2. The number of anilines is 1. The first-order valence-electron chi connectivity index (χ1n) is 5.82. The highest BCUT2D eigenvalue weighted by Gasteiger charge is 2.49. The Hall–Kier alpha value is -2.30. The summed E-state index contributed by atoms with van der Waals surface area (Å²) in [5.74, 6) is -1.93. The van der Waals surface area contributed by atoms with Crippen molar-refractivity contribution in [2.24, 2.45) is 0 Å². The summed E-state index contributed by atoms with van der Waals surface area (Å²) in [4.78, 5) is 23.1. The third kappa shape index (κ3) is 3.73. The highest BCUT2D eigenvalue weighted by Crippen LogP contribution is 2.31. The van der Waals surface area contributed by atoms with Gasteiger partial charge in [-0.3, -0.25) is 4.31 Å². The van der Waals surface area contributed by atoms with E-state index in [0.717, 1.165) is 32.4 Å². The number of halogens is 3. The molecule has 0 N–H and O–H groups in total. The zero-order valence-electron chi connectivity index (χ0n) is 12.2. The van der Waals surface area contributed by atoms with Gasteiger partial charge in [0.25, 0.3) is 0 Å². The Morgan fingerprint density at radius 2 is 1.39 bits per heavy atom. The van der Waals surface area contributed by atoms with E-state index < -0.39 is 33.2 Å². The Balaban J connectivity index is 3.52. The molecule has 128 valence electrons. The largest absolute Gasteiger partial charge is 0.516 e. The molecule has 0 saturated heterocycles. The average Bonchev–Trinajstić information content (AvgIpc) is 2.50. The van der Waals surface area contributed by atoms with Crippen LogP contribution in [0.15, 0.2) is 18.2 Å². The number of rotatable bonds is 4. The van der Waals surface area contributed by atoms with Crippen LogP contribution >= 0.6 is 0 Å². The van der Waals surface area contributed by atoms with Crippen molar-refractivity contribution in [1.82, 2.24) is 0 Å². The van der Waals surface area contributed by atoms with Gasteiger partial charge in [0.05, 0.1) is 31.0 Å². The highest BCUT2D eigenvalue weighted by molar-refractivity contribution is 7.93. The van der Waals surface area contributed by atoms with Crippen LogP contribution in [0.2, 0.25) is 0 Å². The fraction of sp³-hybridized carbons (Fsp3) is 0.333. The van der Waals surface area contributed by atoms with Crippen LogP contribution in [-0.2, 0) is 19.5 Å². The minimum absolute atomic E-state index is 0.0914. The molecule has 0 aromatic heterocycles. The van der Waals surface area contributed by atoms with Crippen molar-refractivity contribution in [3.05, 3.63) is 29.3 Å². The normalized spacial score (nSPS) is 11.7. The third-order valence-corrected chi connectivity index (χ3v) is 4.29. The maximum atomic E-state index is 12.6. The lowest BCUT2D eigenvalue weighted by Gasteiger charge is -2.21. The van der Waals surface area contributed by atoms with E-state index in [1.165, 1.54) is 0 Å². The number of carbonyl (C=O) groups excluding carboxylic acids is 2. The summed E-state index contributed by atoms with van der Waals surface area (Å²) in [5.41, 5.74) is -6.72. The molecule has 0 unspecified atom stereocenters. The van der Waals surface area contributed by atoms with E-state index in [0.29, 0.717) is 7.05 Å². The second-order valence-corrected chi connectivity index (χ2v) is 6.13. The van der Waals surface area contributed by atoms with Gasteiger partial charge in [-0.15, -0.1) is 0 Å². The molecule has 0 heterocycles. The minimum atomic E-state index is -5.70. The highest BCUT2D eigenvalue weighted by atomic mass is 32.2. The van der Waals surface area contributed by atoms with Crippen molar-refractivity contribution < 1.29 is 40.7 Å². The molecular formula is C12H12F3NO6S. The Labute approximate surface area is 129 Å². The predicted octanol–water partition coefficient (Wildman–Crippen LogP) is 1.55. The standard InChI is InChI=1S/C12H12F3NO6S/c1-16(23(19,20)12(13,14)15)9-5-7(10(17)21-2)4-8(6-9)11(18)22-3/h4-6H,1-3H3. The maximum absolute atomic E-state index is 12.6. The lowest BCUT2D eigenvalue weighted by Crippen LogP contribution is -2.38. The number of ether oxygens (including phenoxy) is 2. The van der Waals surface area contributed by atoms with Crippen LogP contribution in [-0.4, -0.2) is 47.1 Å². The van der Waals surface area contributed by atoms with Crippen LogP contribution in [0.3, 0.4) is 0 Å². The van der Waals surface area contributed by atoms with Crippen LogP contribution < -0.4 is 4.31 Å². The number of alkyl halides is 3. The summed E-state index contributed by atoms with van der Waals surface area (Å²) >= 11 is 0. The Morgan fingerprint density at radius 1 is 1.00 bits per heavy atom. The van der Waals surface area contributed by atoms with Crippen molar-refractivity contribution >= 4 is 27.6 Å². The zero-order valence-corrected chi connectivity index (χ0v) is 13.0. The molecule has 0 radical (unpaired) electrons. The number of carbonyl (C=O) groups is 2.